The monoisotopic (exact) mass is 361 g/mol. The number of Topliss-reactive ketones (excluding diaryl/α,β-unsaturated/α-hetero) is 1. The quantitative estimate of drug-likeness (QED) is 0.678. The third-order valence-corrected chi connectivity index (χ3v) is 4.58. The molecule has 26 heavy (non-hydrogen) atoms. The van der Waals surface area contributed by atoms with Crippen LogP contribution in [0.5, 0.6) is 5.75 Å². The molecule has 0 spiro atoms. The summed E-state index contributed by atoms with van der Waals surface area (Å²) in [6.45, 7) is 3.65. The van der Waals surface area contributed by atoms with Crippen LogP contribution >= 0.6 is 0 Å². The van der Waals surface area contributed by atoms with Crippen molar-refractivity contribution in [3.63, 3.8) is 0 Å². The largest absolute Gasteiger partial charge is 0.496 e. The fourth-order valence-corrected chi connectivity index (χ4v) is 2.99. The number of aromatic nitrogens is 2. The molecule has 0 radical (unpaired) electrons. The second-order valence-corrected chi connectivity index (χ2v) is 6.34. The number of anilines is 1. The zero-order valence-corrected chi connectivity index (χ0v) is 15.6. The molecule has 0 bridgehead atoms. The van der Waals surface area contributed by atoms with Crippen LogP contribution in [0.1, 0.15) is 35.8 Å². The lowest BCUT2D eigenvalue weighted by Gasteiger charge is -2.19. The van der Waals surface area contributed by atoms with Crippen LogP contribution < -0.4 is 27.0 Å². The lowest BCUT2D eigenvalue weighted by molar-refractivity contribution is -0.709. The summed E-state index contributed by atoms with van der Waals surface area (Å²) in [4.78, 5) is 37.1. The highest BCUT2D eigenvalue weighted by Gasteiger charge is 2.29. The first-order chi connectivity index (χ1) is 12.2. The number of ether oxygens (including phenoxy) is 1. The molecule has 2 rings (SSSR count). The predicted molar refractivity (Wildman–Crippen MR) is 98.5 cm³/mol. The highest BCUT2D eigenvalue weighted by atomic mass is 16.5. The number of hydrogen-bond acceptors (Lipinski definition) is 5. The molecule has 0 aliphatic heterocycles. The Kier molecular flexibility index (Phi) is 5.66. The lowest BCUT2D eigenvalue weighted by atomic mass is 10.0. The maximum atomic E-state index is 12.9. The summed E-state index contributed by atoms with van der Waals surface area (Å²) >= 11 is 0. The number of ketones is 1. The van der Waals surface area contributed by atoms with Crippen molar-refractivity contribution in [1.82, 2.24) is 9.13 Å². The fraction of sp³-hybridized carbons (Fsp3) is 0.389. The number of hydrogen-bond donors (Lipinski definition) is 2. The van der Waals surface area contributed by atoms with Gasteiger partial charge in [0.15, 0.2) is 0 Å². The SMILES string of the molecule is COc1ccccc1[C@H](C)[NH2+][C@H](C)C(=O)c1c(N)n(C)c(=O)n(C)c1=O. The highest BCUT2D eigenvalue weighted by molar-refractivity contribution is 6.02. The van der Waals surface area contributed by atoms with Gasteiger partial charge in [-0.1, -0.05) is 12.1 Å². The summed E-state index contributed by atoms with van der Waals surface area (Å²) < 4.78 is 7.35. The van der Waals surface area contributed by atoms with E-state index in [0.29, 0.717) is 0 Å². The Morgan fingerprint density at radius 1 is 1.15 bits per heavy atom. The van der Waals surface area contributed by atoms with Crippen LogP contribution in [0, 0.1) is 0 Å². The topological polar surface area (TPSA) is 113 Å². The molecule has 1 heterocycles. The zero-order valence-electron chi connectivity index (χ0n) is 15.6. The smallest absolute Gasteiger partial charge is 0.332 e. The van der Waals surface area contributed by atoms with Crippen LogP contribution in [0.3, 0.4) is 0 Å². The van der Waals surface area contributed by atoms with Gasteiger partial charge in [0.1, 0.15) is 29.2 Å². The molecule has 140 valence electrons. The van der Waals surface area contributed by atoms with E-state index in [-0.39, 0.29) is 17.4 Å². The minimum atomic E-state index is -0.680. The van der Waals surface area contributed by atoms with Gasteiger partial charge in [-0.2, -0.15) is 0 Å². The van der Waals surface area contributed by atoms with E-state index in [2.05, 4.69) is 0 Å². The Balaban J connectivity index is 2.34. The average molecular weight is 361 g/mol. The minimum absolute atomic E-state index is 0.0808. The first kappa shape index (κ1) is 19.5. The number of carbonyl (C=O) groups excluding carboxylic acids is 1. The zero-order chi connectivity index (χ0) is 19.6. The Morgan fingerprint density at radius 3 is 2.38 bits per heavy atom. The van der Waals surface area contributed by atoms with E-state index in [1.807, 2.05) is 36.5 Å². The summed E-state index contributed by atoms with van der Waals surface area (Å²) in [5.41, 5.74) is 5.41. The molecule has 8 nitrogen and oxygen atoms in total. The molecule has 2 atom stereocenters. The summed E-state index contributed by atoms with van der Waals surface area (Å²) in [6, 6.07) is 6.91. The number of nitrogens with zero attached hydrogens (tertiary/aromatic N) is 2. The van der Waals surface area contributed by atoms with E-state index in [4.69, 9.17) is 10.5 Å². The van der Waals surface area contributed by atoms with Gasteiger partial charge >= 0.3 is 5.69 Å². The molecule has 0 aliphatic carbocycles. The first-order valence-electron chi connectivity index (χ1n) is 8.28. The number of rotatable bonds is 6. The van der Waals surface area contributed by atoms with Gasteiger partial charge in [-0.15, -0.1) is 0 Å². The van der Waals surface area contributed by atoms with Gasteiger partial charge in [0.25, 0.3) is 5.56 Å². The molecule has 4 N–H and O–H groups in total. The van der Waals surface area contributed by atoms with E-state index < -0.39 is 23.1 Å². The molecular weight excluding hydrogens is 336 g/mol. The molecule has 2 aromatic rings. The van der Waals surface area contributed by atoms with E-state index in [9.17, 15) is 14.4 Å². The summed E-state index contributed by atoms with van der Waals surface area (Å²) in [7, 11) is 4.35. The van der Waals surface area contributed by atoms with E-state index >= 15 is 0 Å². The number of methoxy groups -OCH3 is 1. The van der Waals surface area contributed by atoms with Crippen molar-refractivity contribution >= 4 is 11.6 Å². The van der Waals surface area contributed by atoms with Gasteiger partial charge in [0.05, 0.1) is 12.7 Å². The summed E-state index contributed by atoms with van der Waals surface area (Å²) in [6.07, 6.45) is 0. The second-order valence-electron chi connectivity index (χ2n) is 6.34. The van der Waals surface area contributed by atoms with Gasteiger partial charge in [-0.25, -0.2) is 4.79 Å². The van der Waals surface area contributed by atoms with Gasteiger partial charge in [-0.05, 0) is 26.0 Å². The van der Waals surface area contributed by atoms with Crippen molar-refractivity contribution in [2.24, 2.45) is 14.1 Å². The van der Waals surface area contributed by atoms with Crippen molar-refractivity contribution in [3.8, 4) is 5.75 Å². The van der Waals surface area contributed by atoms with Crippen LogP contribution in [-0.4, -0.2) is 28.1 Å². The van der Waals surface area contributed by atoms with Gasteiger partial charge in [0, 0.05) is 14.1 Å². The van der Waals surface area contributed by atoms with Crippen molar-refractivity contribution in [2.45, 2.75) is 25.9 Å². The second kappa shape index (κ2) is 7.57. The van der Waals surface area contributed by atoms with E-state index in [1.165, 1.54) is 14.1 Å². The number of carbonyl (C=O) groups is 1. The molecule has 0 aliphatic rings. The minimum Gasteiger partial charge on any atom is -0.496 e. The van der Waals surface area contributed by atoms with Gasteiger partial charge in [0.2, 0.25) is 5.78 Å². The summed E-state index contributed by atoms with van der Waals surface area (Å²) in [5.74, 6) is 0.196. The van der Waals surface area contributed by atoms with Gasteiger partial charge < -0.3 is 15.8 Å². The Hall–Kier alpha value is -2.87. The van der Waals surface area contributed by atoms with Crippen LogP contribution in [0.15, 0.2) is 33.9 Å². The molecule has 1 aromatic heterocycles. The first-order valence-corrected chi connectivity index (χ1v) is 8.28. The molecular formula is C18H25N4O4+. The van der Waals surface area contributed by atoms with Gasteiger partial charge in [-0.3, -0.25) is 18.7 Å². The molecule has 0 amide bonds. The molecule has 1 aromatic carbocycles. The molecule has 8 heteroatoms. The maximum absolute atomic E-state index is 12.9. The van der Waals surface area contributed by atoms with E-state index in [0.717, 1.165) is 20.4 Å². The number of nitrogen functional groups attached to an aromatic ring is 1. The molecule has 0 unspecified atom stereocenters. The maximum Gasteiger partial charge on any atom is 0.332 e. The third-order valence-electron chi connectivity index (χ3n) is 4.58. The summed E-state index contributed by atoms with van der Waals surface area (Å²) in [5, 5.41) is 1.84. The number of para-hydroxylation sites is 1. The predicted octanol–water partition coefficient (Wildman–Crippen LogP) is -0.429. The Bertz CT molecular complexity index is 945. The van der Waals surface area contributed by atoms with Crippen molar-refractivity contribution in [1.29, 1.82) is 0 Å². The average Bonchev–Trinajstić information content (AvgIpc) is 2.64. The third kappa shape index (κ3) is 3.41. The number of quaternary nitrogens is 1. The highest BCUT2D eigenvalue weighted by Crippen LogP contribution is 2.22. The lowest BCUT2D eigenvalue weighted by Crippen LogP contribution is -2.91. The van der Waals surface area contributed by atoms with Crippen LogP contribution in [-0.2, 0) is 14.1 Å². The van der Waals surface area contributed by atoms with Crippen molar-refractivity contribution in [2.75, 3.05) is 12.8 Å². The van der Waals surface area contributed by atoms with Crippen LogP contribution in [0.4, 0.5) is 5.82 Å². The molecule has 0 saturated heterocycles. The van der Waals surface area contributed by atoms with Crippen LogP contribution in [0.2, 0.25) is 0 Å². The Morgan fingerprint density at radius 2 is 1.77 bits per heavy atom. The fourth-order valence-electron chi connectivity index (χ4n) is 2.99. The Labute approximate surface area is 151 Å². The van der Waals surface area contributed by atoms with Crippen LogP contribution in [0.25, 0.3) is 0 Å². The van der Waals surface area contributed by atoms with Crippen molar-refractivity contribution in [3.05, 3.63) is 56.2 Å². The normalized spacial score (nSPS) is 13.3. The number of nitrogens with two attached hydrogens (primary N) is 2. The van der Waals surface area contributed by atoms with E-state index in [1.54, 1.807) is 14.0 Å². The standard InChI is InChI=1S/C18H24N4O4/c1-10(12-8-6-7-9-13(12)26-5)20-11(2)15(23)14-16(19)21(3)18(25)22(4)17(14)24/h6-11,20H,19H2,1-5H3/p+1/t10-,11+/m0/s1. The molecule has 0 saturated carbocycles. The number of benzene rings is 1. The van der Waals surface area contributed by atoms with Crippen molar-refractivity contribution < 1.29 is 14.8 Å². The molecule has 0 fully saturated rings.